The molecule has 1 aliphatic heterocycles. The van der Waals surface area contributed by atoms with Crippen molar-refractivity contribution in [1.82, 2.24) is 5.32 Å². The van der Waals surface area contributed by atoms with E-state index in [1.54, 1.807) is 5.56 Å². The minimum atomic E-state index is 0.814. The van der Waals surface area contributed by atoms with E-state index < -0.39 is 0 Å². The van der Waals surface area contributed by atoms with Gasteiger partial charge in [-0.3, -0.25) is 0 Å². The molecule has 1 aliphatic rings. The standard InChI is InChI=1S/C15H23N/c1-11-5-4-6-14(13(11)3)9-15-10-16-8-7-12(15)2/h4-6,12,15-16H,7-10H2,1-3H3. The summed E-state index contributed by atoms with van der Waals surface area (Å²) in [6.45, 7) is 9.25. The van der Waals surface area contributed by atoms with Gasteiger partial charge in [0.05, 0.1) is 0 Å². The lowest BCUT2D eigenvalue weighted by Crippen LogP contribution is -2.36. The Hall–Kier alpha value is -0.820. The Bertz CT molecular complexity index is 356. The fraction of sp³-hybridized carbons (Fsp3) is 0.600. The fourth-order valence-electron chi connectivity index (χ4n) is 2.64. The van der Waals surface area contributed by atoms with Crippen LogP contribution in [-0.2, 0) is 6.42 Å². The van der Waals surface area contributed by atoms with E-state index in [0.29, 0.717) is 0 Å². The number of hydrogen-bond donors (Lipinski definition) is 1. The van der Waals surface area contributed by atoms with Gasteiger partial charge in [0, 0.05) is 0 Å². The first-order valence-electron chi connectivity index (χ1n) is 6.44. The van der Waals surface area contributed by atoms with Crippen molar-refractivity contribution in [3.63, 3.8) is 0 Å². The van der Waals surface area contributed by atoms with Crippen molar-refractivity contribution in [1.29, 1.82) is 0 Å². The van der Waals surface area contributed by atoms with Crippen LogP contribution in [0.25, 0.3) is 0 Å². The SMILES string of the molecule is Cc1cccc(CC2CNCCC2C)c1C. The molecule has 1 aromatic rings. The second-order valence-electron chi connectivity index (χ2n) is 5.29. The summed E-state index contributed by atoms with van der Waals surface area (Å²) in [5.41, 5.74) is 4.45. The molecule has 1 nitrogen and oxygen atoms in total. The monoisotopic (exact) mass is 217 g/mol. The van der Waals surface area contributed by atoms with E-state index >= 15 is 0 Å². The van der Waals surface area contributed by atoms with Crippen molar-refractivity contribution in [3.05, 3.63) is 34.9 Å². The van der Waals surface area contributed by atoms with E-state index in [-0.39, 0.29) is 0 Å². The lowest BCUT2D eigenvalue weighted by Gasteiger charge is -2.30. The Morgan fingerprint density at radius 3 is 2.88 bits per heavy atom. The van der Waals surface area contributed by atoms with Crippen LogP contribution < -0.4 is 5.32 Å². The third-order valence-corrected chi connectivity index (χ3v) is 4.19. The van der Waals surface area contributed by atoms with Gasteiger partial charge >= 0.3 is 0 Å². The van der Waals surface area contributed by atoms with Crippen LogP contribution in [-0.4, -0.2) is 13.1 Å². The van der Waals surface area contributed by atoms with E-state index in [1.165, 1.54) is 37.1 Å². The molecule has 0 bridgehead atoms. The second kappa shape index (κ2) is 5.01. The highest BCUT2D eigenvalue weighted by atomic mass is 14.9. The highest BCUT2D eigenvalue weighted by Gasteiger charge is 2.21. The van der Waals surface area contributed by atoms with E-state index in [1.807, 2.05) is 0 Å². The first kappa shape index (κ1) is 11.7. The molecule has 1 saturated heterocycles. The van der Waals surface area contributed by atoms with Gasteiger partial charge < -0.3 is 5.32 Å². The van der Waals surface area contributed by atoms with Crippen LogP contribution in [0.2, 0.25) is 0 Å². The number of aryl methyl sites for hydroxylation is 1. The van der Waals surface area contributed by atoms with E-state index in [2.05, 4.69) is 44.3 Å². The molecule has 1 aromatic carbocycles. The Balaban J connectivity index is 2.10. The summed E-state index contributed by atoms with van der Waals surface area (Å²) in [6, 6.07) is 6.70. The summed E-state index contributed by atoms with van der Waals surface area (Å²) >= 11 is 0. The number of rotatable bonds is 2. The summed E-state index contributed by atoms with van der Waals surface area (Å²) in [6.07, 6.45) is 2.57. The van der Waals surface area contributed by atoms with Crippen LogP contribution in [0, 0.1) is 25.7 Å². The average molecular weight is 217 g/mol. The van der Waals surface area contributed by atoms with Crippen molar-refractivity contribution in [2.45, 2.75) is 33.6 Å². The van der Waals surface area contributed by atoms with E-state index in [0.717, 1.165) is 11.8 Å². The molecule has 0 saturated carbocycles. The van der Waals surface area contributed by atoms with Crippen LogP contribution in [0.1, 0.15) is 30.0 Å². The Labute approximate surface area is 99.3 Å². The van der Waals surface area contributed by atoms with Crippen molar-refractivity contribution >= 4 is 0 Å². The predicted molar refractivity (Wildman–Crippen MR) is 69.8 cm³/mol. The molecule has 1 heteroatoms. The topological polar surface area (TPSA) is 12.0 Å². The molecule has 2 unspecified atom stereocenters. The third kappa shape index (κ3) is 2.46. The maximum atomic E-state index is 3.52. The number of hydrogen-bond acceptors (Lipinski definition) is 1. The normalized spacial score (nSPS) is 25.7. The van der Waals surface area contributed by atoms with E-state index in [9.17, 15) is 0 Å². The molecular weight excluding hydrogens is 194 g/mol. The van der Waals surface area contributed by atoms with Gasteiger partial charge in [-0.1, -0.05) is 25.1 Å². The van der Waals surface area contributed by atoms with Crippen LogP contribution >= 0.6 is 0 Å². The van der Waals surface area contributed by atoms with E-state index in [4.69, 9.17) is 0 Å². The molecule has 0 radical (unpaired) electrons. The van der Waals surface area contributed by atoms with Crippen molar-refractivity contribution < 1.29 is 0 Å². The van der Waals surface area contributed by atoms with Gasteiger partial charge in [0.2, 0.25) is 0 Å². The van der Waals surface area contributed by atoms with Gasteiger partial charge in [0.1, 0.15) is 0 Å². The Kier molecular flexibility index (Phi) is 3.65. The average Bonchev–Trinajstić information content (AvgIpc) is 2.28. The van der Waals surface area contributed by atoms with Gasteiger partial charge in [0.25, 0.3) is 0 Å². The molecule has 0 spiro atoms. The maximum absolute atomic E-state index is 3.52. The zero-order chi connectivity index (χ0) is 11.5. The molecule has 1 N–H and O–H groups in total. The zero-order valence-corrected chi connectivity index (χ0v) is 10.7. The molecule has 2 rings (SSSR count). The quantitative estimate of drug-likeness (QED) is 0.802. The van der Waals surface area contributed by atoms with Crippen LogP contribution in [0.15, 0.2) is 18.2 Å². The molecule has 2 atom stereocenters. The second-order valence-corrected chi connectivity index (χ2v) is 5.29. The summed E-state index contributed by atoms with van der Waals surface area (Å²) in [5.74, 6) is 1.68. The summed E-state index contributed by atoms with van der Waals surface area (Å²) < 4.78 is 0. The molecule has 0 amide bonds. The minimum absolute atomic E-state index is 0.814. The molecule has 1 fully saturated rings. The fourth-order valence-corrected chi connectivity index (χ4v) is 2.64. The van der Waals surface area contributed by atoms with Gasteiger partial charge in [-0.2, -0.15) is 0 Å². The highest BCUT2D eigenvalue weighted by molar-refractivity contribution is 5.33. The van der Waals surface area contributed by atoms with Crippen LogP contribution in [0.3, 0.4) is 0 Å². The molecule has 0 aliphatic carbocycles. The molecule has 88 valence electrons. The first-order valence-corrected chi connectivity index (χ1v) is 6.44. The van der Waals surface area contributed by atoms with Gasteiger partial charge in [0.15, 0.2) is 0 Å². The molecule has 1 heterocycles. The van der Waals surface area contributed by atoms with Crippen molar-refractivity contribution in [2.75, 3.05) is 13.1 Å². The predicted octanol–water partition coefficient (Wildman–Crippen LogP) is 3.09. The van der Waals surface area contributed by atoms with Gasteiger partial charge in [-0.15, -0.1) is 0 Å². The largest absolute Gasteiger partial charge is 0.316 e. The molecular formula is C15H23N. The lowest BCUT2D eigenvalue weighted by molar-refractivity contribution is 0.272. The number of benzene rings is 1. The first-order chi connectivity index (χ1) is 7.68. The zero-order valence-electron chi connectivity index (χ0n) is 10.7. The highest BCUT2D eigenvalue weighted by Crippen LogP contribution is 2.24. The third-order valence-electron chi connectivity index (χ3n) is 4.19. The maximum Gasteiger partial charge on any atom is -0.00148 e. The van der Waals surface area contributed by atoms with Crippen molar-refractivity contribution in [2.24, 2.45) is 11.8 Å². The number of nitrogens with one attached hydrogen (secondary N) is 1. The van der Waals surface area contributed by atoms with Crippen molar-refractivity contribution in [3.8, 4) is 0 Å². The number of piperidine rings is 1. The molecule has 16 heavy (non-hydrogen) atoms. The Morgan fingerprint density at radius 1 is 1.31 bits per heavy atom. The van der Waals surface area contributed by atoms with Crippen LogP contribution in [0.5, 0.6) is 0 Å². The Morgan fingerprint density at radius 2 is 2.12 bits per heavy atom. The van der Waals surface area contributed by atoms with Gasteiger partial charge in [-0.05, 0) is 68.3 Å². The lowest BCUT2D eigenvalue weighted by atomic mass is 9.82. The summed E-state index contributed by atoms with van der Waals surface area (Å²) in [7, 11) is 0. The smallest absolute Gasteiger partial charge is 0.00148 e. The van der Waals surface area contributed by atoms with Gasteiger partial charge in [-0.25, -0.2) is 0 Å². The molecule has 0 aromatic heterocycles. The van der Waals surface area contributed by atoms with Crippen LogP contribution in [0.4, 0.5) is 0 Å². The summed E-state index contributed by atoms with van der Waals surface area (Å²) in [4.78, 5) is 0. The summed E-state index contributed by atoms with van der Waals surface area (Å²) in [5, 5.41) is 3.52. The minimum Gasteiger partial charge on any atom is -0.316 e.